The summed E-state index contributed by atoms with van der Waals surface area (Å²) in [5.41, 5.74) is 4.28. The Morgan fingerprint density at radius 2 is 1.77 bits per heavy atom. The molecule has 0 spiro atoms. The second-order valence-corrected chi connectivity index (χ2v) is 8.29. The number of hydrogen-bond acceptors (Lipinski definition) is 6. The monoisotopic (exact) mass is 402 g/mol. The molecular weight excluding hydrogens is 376 g/mol. The second kappa shape index (κ2) is 8.34. The minimum Gasteiger partial charge on any atom is -0.355 e. The zero-order valence-electron chi connectivity index (χ0n) is 17.1. The minimum atomic E-state index is -0.0456. The third kappa shape index (κ3) is 3.97. The second-order valence-electron chi connectivity index (χ2n) is 8.29. The van der Waals surface area contributed by atoms with E-state index >= 15 is 0 Å². The van der Waals surface area contributed by atoms with Gasteiger partial charge in [0.1, 0.15) is 0 Å². The maximum atomic E-state index is 12.4. The normalized spacial score (nSPS) is 17.0. The van der Waals surface area contributed by atoms with Crippen molar-refractivity contribution in [1.82, 2.24) is 25.0 Å². The molecule has 1 saturated heterocycles. The molecule has 0 N–H and O–H groups in total. The molecule has 5 rings (SSSR count). The van der Waals surface area contributed by atoms with E-state index in [1.807, 2.05) is 12.1 Å². The van der Waals surface area contributed by atoms with Crippen molar-refractivity contribution in [2.24, 2.45) is 5.92 Å². The number of piperidine rings is 1. The summed E-state index contributed by atoms with van der Waals surface area (Å²) in [4.78, 5) is 18.7. The molecule has 0 unspecified atom stereocenters. The van der Waals surface area contributed by atoms with Crippen molar-refractivity contribution in [2.75, 3.05) is 18.0 Å². The Morgan fingerprint density at radius 3 is 2.60 bits per heavy atom. The van der Waals surface area contributed by atoms with Crippen LogP contribution in [0.5, 0.6) is 0 Å². The number of hydrogen-bond donors (Lipinski definition) is 0. The Bertz CT molecular complexity index is 1070. The molecule has 4 heterocycles. The fourth-order valence-electron chi connectivity index (χ4n) is 4.48. The summed E-state index contributed by atoms with van der Waals surface area (Å²) in [5.74, 6) is 1.44. The summed E-state index contributed by atoms with van der Waals surface area (Å²) >= 11 is 0. The van der Waals surface area contributed by atoms with Gasteiger partial charge in [-0.3, -0.25) is 9.78 Å². The van der Waals surface area contributed by atoms with Gasteiger partial charge < -0.3 is 4.90 Å². The van der Waals surface area contributed by atoms with Crippen molar-refractivity contribution in [3.8, 4) is 11.3 Å². The summed E-state index contributed by atoms with van der Waals surface area (Å²) in [5, 5.41) is 13.6. The van der Waals surface area contributed by atoms with Crippen LogP contribution >= 0.6 is 0 Å². The van der Waals surface area contributed by atoms with Crippen molar-refractivity contribution in [2.45, 2.75) is 45.1 Å². The van der Waals surface area contributed by atoms with E-state index in [1.165, 1.54) is 24.1 Å². The van der Waals surface area contributed by atoms with Crippen LogP contribution in [0.25, 0.3) is 11.3 Å². The Morgan fingerprint density at radius 1 is 0.967 bits per heavy atom. The minimum absolute atomic E-state index is 0.0456. The molecular formula is C23H26N6O. The van der Waals surface area contributed by atoms with E-state index in [2.05, 4.69) is 31.2 Å². The summed E-state index contributed by atoms with van der Waals surface area (Å²) in [6, 6.07) is 9.46. The van der Waals surface area contributed by atoms with Crippen molar-refractivity contribution in [3.05, 3.63) is 64.3 Å². The summed E-state index contributed by atoms with van der Waals surface area (Å²) in [6.07, 6.45) is 10.2. The maximum absolute atomic E-state index is 12.4. The van der Waals surface area contributed by atoms with Crippen molar-refractivity contribution in [1.29, 1.82) is 0 Å². The van der Waals surface area contributed by atoms with Crippen LogP contribution in [0.15, 0.2) is 47.5 Å². The molecule has 1 fully saturated rings. The lowest BCUT2D eigenvalue weighted by atomic mass is 9.95. The fraction of sp³-hybridized carbons (Fsp3) is 0.435. The Hall–Kier alpha value is -3.09. The average Bonchev–Trinajstić information content (AvgIpc) is 2.81. The van der Waals surface area contributed by atoms with Gasteiger partial charge in [-0.15, -0.1) is 5.10 Å². The summed E-state index contributed by atoms with van der Waals surface area (Å²) in [7, 11) is 0. The van der Waals surface area contributed by atoms with Gasteiger partial charge in [0, 0.05) is 43.7 Å². The average molecular weight is 403 g/mol. The number of aryl methyl sites for hydroxylation is 2. The standard InChI is InChI=1S/C23H26N6O/c30-23-6-5-21(18-7-11-24-12-8-18)27-29(23)16-17-9-13-28(14-10-17)22-15-19-3-1-2-4-20(19)25-26-22/h5-8,11-12,15,17H,1-4,9-10,13-14,16H2. The molecule has 7 nitrogen and oxygen atoms in total. The van der Waals surface area contributed by atoms with Crippen molar-refractivity contribution >= 4 is 5.82 Å². The molecule has 30 heavy (non-hydrogen) atoms. The van der Waals surface area contributed by atoms with Crippen molar-refractivity contribution in [3.63, 3.8) is 0 Å². The van der Waals surface area contributed by atoms with Crippen LogP contribution in [0.3, 0.4) is 0 Å². The highest BCUT2D eigenvalue weighted by atomic mass is 16.1. The topological polar surface area (TPSA) is 76.8 Å². The molecule has 3 aromatic heterocycles. The molecule has 0 radical (unpaired) electrons. The van der Waals surface area contributed by atoms with E-state index in [0.717, 1.165) is 55.8 Å². The zero-order valence-corrected chi connectivity index (χ0v) is 17.1. The lowest BCUT2D eigenvalue weighted by Gasteiger charge is -2.33. The number of fused-ring (bicyclic) bond motifs is 1. The first-order valence-electron chi connectivity index (χ1n) is 10.9. The van der Waals surface area contributed by atoms with E-state index in [0.29, 0.717) is 12.5 Å². The van der Waals surface area contributed by atoms with E-state index < -0.39 is 0 Å². The highest BCUT2D eigenvalue weighted by Gasteiger charge is 2.23. The summed E-state index contributed by atoms with van der Waals surface area (Å²) in [6.45, 7) is 2.54. The molecule has 0 bridgehead atoms. The molecule has 0 atom stereocenters. The Labute approximate surface area is 175 Å². The molecule has 1 aliphatic heterocycles. The van der Waals surface area contributed by atoms with Crippen LogP contribution < -0.4 is 10.5 Å². The number of nitrogens with zero attached hydrogens (tertiary/aromatic N) is 6. The van der Waals surface area contributed by atoms with E-state index in [1.54, 1.807) is 29.2 Å². The first-order valence-corrected chi connectivity index (χ1v) is 10.9. The highest BCUT2D eigenvalue weighted by molar-refractivity contribution is 5.57. The van der Waals surface area contributed by atoms with Crippen LogP contribution in [0.1, 0.15) is 36.9 Å². The predicted molar refractivity (Wildman–Crippen MR) is 115 cm³/mol. The smallest absolute Gasteiger partial charge is 0.266 e. The fourth-order valence-corrected chi connectivity index (χ4v) is 4.48. The van der Waals surface area contributed by atoms with E-state index in [4.69, 9.17) is 0 Å². The highest BCUT2D eigenvalue weighted by Crippen LogP contribution is 2.26. The molecule has 154 valence electrons. The van der Waals surface area contributed by atoms with Gasteiger partial charge in [-0.25, -0.2) is 4.68 Å². The van der Waals surface area contributed by atoms with E-state index in [9.17, 15) is 4.79 Å². The Kier molecular flexibility index (Phi) is 5.26. The zero-order chi connectivity index (χ0) is 20.3. The molecule has 7 heteroatoms. The van der Waals surface area contributed by atoms with Gasteiger partial charge in [0.2, 0.25) is 0 Å². The van der Waals surface area contributed by atoms with E-state index in [-0.39, 0.29) is 5.56 Å². The Balaban J connectivity index is 1.25. The predicted octanol–water partition coefficient (Wildman–Crippen LogP) is 2.89. The van der Waals surface area contributed by atoms with Crippen molar-refractivity contribution < 1.29 is 0 Å². The van der Waals surface area contributed by atoms with Gasteiger partial charge in [0.15, 0.2) is 5.82 Å². The van der Waals surface area contributed by atoms with Crippen LogP contribution in [0.2, 0.25) is 0 Å². The molecule has 2 aliphatic rings. The first kappa shape index (κ1) is 18.9. The number of rotatable bonds is 4. The van der Waals surface area contributed by atoms with Crippen LogP contribution in [0, 0.1) is 5.92 Å². The van der Waals surface area contributed by atoms with Crippen LogP contribution in [-0.4, -0.2) is 38.1 Å². The molecule has 0 aromatic carbocycles. The van der Waals surface area contributed by atoms with Gasteiger partial charge in [0.05, 0.1) is 11.4 Å². The quantitative estimate of drug-likeness (QED) is 0.668. The largest absolute Gasteiger partial charge is 0.355 e. The lowest BCUT2D eigenvalue weighted by molar-refractivity contribution is 0.334. The van der Waals surface area contributed by atoms with Gasteiger partial charge >= 0.3 is 0 Å². The lowest BCUT2D eigenvalue weighted by Crippen LogP contribution is -2.37. The molecule has 1 aliphatic carbocycles. The van der Waals surface area contributed by atoms with Crippen LogP contribution in [0.4, 0.5) is 5.82 Å². The van der Waals surface area contributed by atoms with Gasteiger partial charge in [-0.1, -0.05) is 0 Å². The third-order valence-corrected chi connectivity index (χ3v) is 6.27. The number of pyridine rings is 1. The maximum Gasteiger partial charge on any atom is 0.266 e. The third-order valence-electron chi connectivity index (χ3n) is 6.27. The van der Waals surface area contributed by atoms with Crippen LogP contribution in [-0.2, 0) is 19.4 Å². The first-order chi connectivity index (χ1) is 14.8. The van der Waals surface area contributed by atoms with Gasteiger partial charge in [0.25, 0.3) is 5.56 Å². The SMILES string of the molecule is O=c1ccc(-c2ccncc2)nn1CC1CCN(c2cc3c(nn2)CCCC3)CC1. The van der Waals surface area contributed by atoms with Gasteiger partial charge in [-0.05, 0) is 74.3 Å². The number of anilines is 1. The summed E-state index contributed by atoms with van der Waals surface area (Å²) < 4.78 is 1.62. The van der Waals surface area contributed by atoms with Gasteiger partial charge in [-0.2, -0.15) is 10.2 Å². The molecule has 0 amide bonds. The number of aromatic nitrogens is 5. The molecule has 3 aromatic rings. The molecule has 0 saturated carbocycles.